The van der Waals surface area contributed by atoms with E-state index in [4.69, 9.17) is 5.11 Å². The molecule has 0 saturated carbocycles. The number of amides is 1. The van der Waals surface area contributed by atoms with Crippen molar-refractivity contribution in [2.75, 3.05) is 13.1 Å². The van der Waals surface area contributed by atoms with Crippen LogP contribution in [0.2, 0.25) is 0 Å². The van der Waals surface area contributed by atoms with E-state index in [0.717, 1.165) is 30.7 Å². The number of aromatic nitrogens is 2. The summed E-state index contributed by atoms with van der Waals surface area (Å²) in [6.07, 6.45) is 5.75. The predicted octanol–water partition coefficient (Wildman–Crippen LogP) is 2.68. The van der Waals surface area contributed by atoms with Crippen LogP contribution < -0.4 is 0 Å². The first-order valence-corrected chi connectivity index (χ1v) is 8.60. The first kappa shape index (κ1) is 15.7. The Balaban J connectivity index is 1.65. The number of aromatic carboxylic acids is 1. The lowest BCUT2D eigenvalue weighted by atomic mass is 9.91. The van der Waals surface area contributed by atoms with Gasteiger partial charge in [0.15, 0.2) is 0 Å². The lowest BCUT2D eigenvalue weighted by Gasteiger charge is -2.31. The van der Waals surface area contributed by atoms with E-state index in [0.29, 0.717) is 24.6 Å². The van der Waals surface area contributed by atoms with Crippen molar-refractivity contribution in [2.45, 2.75) is 32.2 Å². The second-order valence-corrected chi connectivity index (χ2v) is 6.58. The van der Waals surface area contributed by atoms with Crippen molar-refractivity contribution in [1.29, 1.82) is 0 Å². The number of piperidine rings is 1. The van der Waals surface area contributed by atoms with Crippen LogP contribution in [-0.2, 0) is 6.54 Å². The molecule has 1 aliphatic rings. The topological polar surface area (TPSA) is 75.4 Å². The Labute approximate surface area is 138 Å². The Hall–Kier alpha value is -2.15. The maximum absolute atomic E-state index is 12.5. The molecule has 3 rings (SSSR count). The van der Waals surface area contributed by atoms with Crippen LogP contribution >= 0.6 is 11.3 Å². The van der Waals surface area contributed by atoms with Gasteiger partial charge in [-0.3, -0.25) is 9.48 Å². The standard InChI is InChI=1S/C16H19N3O3S/c1-2-19-10-12(9-17-19)11-3-6-18(7-4-11)15(20)13-5-8-23-14(13)16(21)22/h5,8-11H,2-4,6-7H2,1H3,(H,21,22). The van der Waals surface area contributed by atoms with Crippen molar-refractivity contribution in [3.63, 3.8) is 0 Å². The summed E-state index contributed by atoms with van der Waals surface area (Å²) in [6, 6.07) is 1.60. The van der Waals surface area contributed by atoms with Crippen molar-refractivity contribution >= 4 is 23.2 Å². The van der Waals surface area contributed by atoms with Crippen LogP contribution in [0.4, 0.5) is 0 Å². The van der Waals surface area contributed by atoms with Crippen LogP contribution in [0.15, 0.2) is 23.8 Å². The van der Waals surface area contributed by atoms with E-state index in [1.54, 1.807) is 16.3 Å². The van der Waals surface area contributed by atoms with Crippen LogP contribution in [0.5, 0.6) is 0 Å². The Morgan fingerprint density at radius 2 is 2.13 bits per heavy atom. The minimum absolute atomic E-state index is 0.126. The summed E-state index contributed by atoms with van der Waals surface area (Å²) in [7, 11) is 0. The number of carbonyl (C=O) groups excluding carboxylic acids is 1. The molecule has 0 spiro atoms. The molecule has 0 aromatic carbocycles. The molecule has 0 aliphatic carbocycles. The fourth-order valence-corrected chi connectivity index (χ4v) is 3.72. The second kappa shape index (κ2) is 6.54. The van der Waals surface area contributed by atoms with Gasteiger partial charge < -0.3 is 10.0 Å². The van der Waals surface area contributed by atoms with Gasteiger partial charge in [0.1, 0.15) is 4.88 Å². The summed E-state index contributed by atoms with van der Waals surface area (Å²) in [5.74, 6) is -0.794. The molecule has 0 radical (unpaired) electrons. The summed E-state index contributed by atoms with van der Waals surface area (Å²) in [5.41, 5.74) is 1.53. The zero-order chi connectivity index (χ0) is 16.4. The van der Waals surface area contributed by atoms with E-state index >= 15 is 0 Å². The number of thiophene rings is 1. The molecule has 6 nitrogen and oxygen atoms in total. The Morgan fingerprint density at radius 3 is 2.74 bits per heavy atom. The SMILES string of the molecule is CCn1cc(C2CCN(C(=O)c3ccsc3C(=O)O)CC2)cn1. The van der Waals surface area contributed by atoms with Crippen molar-refractivity contribution in [1.82, 2.24) is 14.7 Å². The molecule has 2 aromatic heterocycles. The molecular weight excluding hydrogens is 314 g/mol. The van der Waals surface area contributed by atoms with Crippen LogP contribution in [0, 0.1) is 0 Å². The average molecular weight is 333 g/mol. The summed E-state index contributed by atoms with van der Waals surface area (Å²) in [4.78, 5) is 25.6. The largest absolute Gasteiger partial charge is 0.477 e. The van der Waals surface area contributed by atoms with E-state index in [9.17, 15) is 9.59 Å². The van der Waals surface area contributed by atoms with Gasteiger partial charge >= 0.3 is 5.97 Å². The highest BCUT2D eigenvalue weighted by Gasteiger charge is 2.28. The lowest BCUT2D eigenvalue weighted by Crippen LogP contribution is -2.38. The van der Waals surface area contributed by atoms with Gasteiger partial charge in [-0.05, 0) is 42.7 Å². The molecule has 0 unspecified atom stereocenters. The van der Waals surface area contributed by atoms with Gasteiger partial charge in [-0.1, -0.05) is 0 Å². The summed E-state index contributed by atoms with van der Waals surface area (Å²) in [6.45, 7) is 4.21. The number of likely N-dealkylation sites (tertiary alicyclic amines) is 1. The van der Waals surface area contributed by atoms with Gasteiger partial charge in [0.05, 0.1) is 11.8 Å². The molecule has 2 aromatic rings. The Kier molecular flexibility index (Phi) is 4.47. The first-order valence-electron chi connectivity index (χ1n) is 7.72. The number of carboxylic acids is 1. The molecular formula is C16H19N3O3S. The average Bonchev–Trinajstić information content (AvgIpc) is 3.23. The number of rotatable bonds is 4. The van der Waals surface area contributed by atoms with E-state index < -0.39 is 5.97 Å². The molecule has 7 heteroatoms. The molecule has 23 heavy (non-hydrogen) atoms. The normalized spacial score (nSPS) is 15.8. The van der Waals surface area contributed by atoms with Crippen LogP contribution in [0.3, 0.4) is 0 Å². The van der Waals surface area contributed by atoms with Crippen molar-refractivity contribution in [3.05, 3.63) is 39.8 Å². The highest BCUT2D eigenvalue weighted by Crippen LogP contribution is 2.29. The molecule has 1 fully saturated rings. The number of nitrogens with zero attached hydrogens (tertiary/aromatic N) is 3. The number of carbonyl (C=O) groups is 2. The fraction of sp³-hybridized carbons (Fsp3) is 0.438. The van der Waals surface area contributed by atoms with Crippen LogP contribution in [-0.4, -0.2) is 44.8 Å². The Bertz CT molecular complexity index is 714. The Morgan fingerprint density at radius 1 is 1.39 bits per heavy atom. The molecule has 1 amide bonds. The fourth-order valence-electron chi connectivity index (χ4n) is 2.99. The number of hydrogen-bond acceptors (Lipinski definition) is 4. The van der Waals surface area contributed by atoms with Gasteiger partial charge in [0, 0.05) is 25.8 Å². The summed E-state index contributed by atoms with van der Waals surface area (Å²) < 4.78 is 1.91. The summed E-state index contributed by atoms with van der Waals surface area (Å²) in [5, 5.41) is 15.1. The van der Waals surface area contributed by atoms with Gasteiger partial charge in [-0.15, -0.1) is 11.3 Å². The lowest BCUT2D eigenvalue weighted by molar-refractivity contribution is 0.0667. The smallest absolute Gasteiger partial charge is 0.346 e. The predicted molar refractivity (Wildman–Crippen MR) is 87.1 cm³/mol. The van der Waals surface area contributed by atoms with E-state index in [1.165, 1.54) is 5.56 Å². The van der Waals surface area contributed by atoms with Gasteiger partial charge in [-0.25, -0.2) is 4.79 Å². The number of carboxylic acid groups (broad SMARTS) is 1. The van der Waals surface area contributed by atoms with Crippen LogP contribution in [0.25, 0.3) is 0 Å². The highest BCUT2D eigenvalue weighted by atomic mass is 32.1. The molecule has 1 saturated heterocycles. The maximum atomic E-state index is 12.5. The molecule has 1 aliphatic heterocycles. The third-order valence-corrected chi connectivity index (χ3v) is 5.22. The number of aryl methyl sites for hydroxylation is 1. The van der Waals surface area contributed by atoms with Gasteiger partial charge in [0.25, 0.3) is 5.91 Å². The van der Waals surface area contributed by atoms with Crippen molar-refractivity contribution in [2.24, 2.45) is 0 Å². The minimum Gasteiger partial charge on any atom is -0.477 e. The molecule has 3 heterocycles. The second-order valence-electron chi connectivity index (χ2n) is 5.66. The molecule has 0 bridgehead atoms. The van der Waals surface area contributed by atoms with Gasteiger partial charge in [-0.2, -0.15) is 5.10 Å². The van der Waals surface area contributed by atoms with E-state index in [2.05, 4.69) is 18.2 Å². The van der Waals surface area contributed by atoms with E-state index in [1.807, 2.05) is 10.9 Å². The third-order valence-electron chi connectivity index (χ3n) is 4.32. The quantitative estimate of drug-likeness (QED) is 0.933. The molecule has 122 valence electrons. The molecule has 0 atom stereocenters. The van der Waals surface area contributed by atoms with Gasteiger partial charge in [0.2, 0.25) is 0 Å². The first-order chi connectivity index (χ1) is 11.1. The third kappa shape index (κ3) is 3.14. The van der Waals surface area contributed by atoms with Crippen molar-refractivity contribution < 1.29 is 14.7 Å². The zero-order valence-corrected chi connectivity index (χ0v) is 13.8. The van der Waals surface area contributed by atoms with E-state index in [-0.39, 0.29) is 10.8 Å². The summed E-state index contributed by atoms with van der Waals surface area (Å²) >= 11 is 1.09. The minimum atomic E-state index is -1.04. The zero-order valence-electron chi connectivity index (χ0n) is 12.9. The highest BCUT2D eigenvalue weighted by molar-refractivity contribution is 7.12. The molecule has 1 N–H and O–H groups in total. The number of hydrogen-bond donors (Lipinski definition) is 1. The maximum Gasteiger partial charge on any atom is 0.346 e. The van der Waals surface area contributed by atoms with Crippen LogP contribution in [0.1, 0.15) is 51.3 Å². The van der Waals surface area contributed by atoms with Crippen molar-refractivity contribution in [3.8, 4) is 0 Å². The monoisotopic (exact) mass is 333 g/mol.